The summed E-state index contributed by atoms with van der Waals surface area (Å²) in [6, 6.07) is 2.81. The van der Waals surface area contributed by atoms with E-state index in [1.165, 1.54) is 0 Å². The summed E-state index contributed by atoms with van der Waals surface area (Å²) in [5.41, 5.74) is 12.1. The number of hydrogen-bond donors (Lipinski definition) is 6. The zero-order valence-corrected chi connectivity index (χ0v) is 27.4. The van der Waals surface area contributed by atoms with E-state index >= 15 is 0 Å². The first-order chi connectivity index (χ1) is 23.2. The van der Waals surface area contributed by atoms with Crippen LogP contribution < -0.4 is 22.1 Å². The molecule has 4 aromatic rings. The summed E-state index contributed by atoms with van der Waals surface area (Å²) < 4.78 is 36.4. The number of nitrogens with two attached hydrogens (primary N) is 2. The van der Waals surface area contributed by atoms with Gasteiger partial charge in [-0.3, -0.25) is 14.4 Å². The summed E-state index contributed by atoms with van der Waals surface area (Å²) in [5, 5.41) is 7.58. The zero-order valence-electron chi connectivity index (χ0n) is 25.1. The molecule has 258 valence electrons. The number of hydrogen-bond acceptors (Lipinski definition) is 8. The Kier molecular flexibility index (Phi) is 9.48. The Bertz CT molecular complexity index is 1980. The molecule has 0 saturated heterocycles. The largest absolute Gasteiger partial charge is 0.471 e. The molecule has 4 bridgehead atoms. The second-order valence-corrected chi connectivity index (χ2v) is 13.1. The van der Waals surface area contributed by atoms with Crippen LogP contribution in [0.25, 0.3) is 22.1 Å². The van der Waals surface area contributed by atoms with Crippen LogP contribution in [0.2, 0.25) is 15.7 Å². The minimum atomic E-state index is -4.94. The summed E-state index contributed by atoms with van der Waals surface area (Å²) in [4.78, 5) is 55.8. The van der Waals surface area contributed by atoms with E-state index in [1.807, 2.05) is 11.4 Å². The van der Waals surface area contributed by atoms with Gasteiger partial charge in [0.05, 0.1) is 22.6 Å². The van der Waals surface area contributed by atoms with E-state index in [0.29, 0.717) is 34.6 Å². The van der Waals surface area contributed by atoms with Gasteiger partial charge in [0.2, 0.25) is 22.4 Å². The predicted octanol–water partition coefficient (Wildman–Crippen LogP) is 4.30. The van der Waals surface area contributed by atoms with Crippen molar-refractivity contribution in [2.24, 2.45) is 47.0 Å². The number of amides is 3. The third kappa shape index (κ3) is 7.03. The standard InChI is InChI=1S/C14H14ClN5O.C10H11F3N2O2.C6H3Cl2N3/c15-14-19-12-8(3-4-17-12)13(20-14)18-10-7-2-1-6(5-7)9(10)11(16)21;11-10(12,13)9(17)15-7-5-2-1-4(3-5)6(7)8(14)16;7-4-3-1-2-9-5(3)11-6(8)10-4/h1-4,6-7,9-10H,5H2,(H2,16,21)(H2,17,18,19,20);1-2,4-7H,3H2,(H2,14,16)(H,15,17);1-2H,(H,9,10,11). The van der Waals surface area contributed by atoms with Gasteiger partial charge < -0.3 is 32.1 Å². The van der Waals surface area contributed by atoms with Gasteiger partial charge in [-0.15, -0.1) is 0 Å². The zero-order chi connectivity index (χ0) is 35.2. The van der Waals surface area contributed by atoms with Gasteiger partial charge in [0.25, 0.3) is 0 Å². The van der Waals surface area contributed by atoms with Crippen molar-refractivity contribution < 1.29 is 27.6 Å². The second kappa shape index (κ2) is 13.5. The minimum Gasteiger partial charge on any atom is -0.369 e. The van der Waals surface area contributed by atoms with Crippen LogP contribution in [-0.2, 0) is 14.4 Å². The van der Waals surface area contributed by atoms with Crippen molar-refractivity contribution in [1.29, 1.82) is 0 Å². The van der Waals surface area contributed by atoms with Crippen molar-refractivity contribution in [2.45, 2.75) is 31.1 Å². The number of carbonyl (C=O) groups excluding carboxylic acids is 3. The van der Waals surface area contributed by atoms with Crippen molar-refractivity contribution in [1.82, 2.24) is 35.2 Å². The number of halogens is 6. The molecule has 49 heavy (non-hydrogen) atoms. The highest BCUT2D eigenvalue weighted by Crippen LogP contribution is 2.45. The number of aromatic nitrogens is 6. The van der Waals surface area contributed by atoms with E-state index in [0.717, 1.165) is 17.2 Å². The van der Waals surface area contributed by atoms with Crippen LogP contribution in [0.4, 0.5) is 19.0 Å². The van der Waals surface area contributed by atoms with E-state index in [-0.39, 0.29) is 46.2 Å². The van der Waals surface area contributed by atoms with Crippen LogP contribution in [0.3, 0.4) is 0 Å². The molecule has 0 aromatic carbocycles. The molecule has 4 heterocycles. The Hall–Kier alpha value is -4.41. The quantitative estimate of drug-likeness (QED) is 0.0985. The lowest BCUT2D eigenvalue weighted by molar-refractivity contribution is -0.175. The number of carbonyl (C=O) groups is 3. The van der Waals surface area contributed by atoms with Gasteiger partial charge in [0.15, 0.2) is 0 Å². The fourth-order valence-corrected chi connectivity index (χ4v) is 7.72. The molecule has 2 saturated carbocycles. The molecule has 0 radical (unpaired) electrons. The van der Waals surface area contributed by atoms with Gasteiger partial charge in [0, 0.05) is 24.5 Å². The molecule has 0 spiro atoms. The first-order valence-corrected chi connectivity index (χ1v) is 16.1. The van der Waals surface area contributed by atoms with E-state index in [9.17, 15) is 27.6 Å². The molecule has 3 amide bonds. The maximum Gasteiger partial charge on any atom is 0.471 e. The maximum atomic E-state index is 12.1. The average molecular weight is 740 g/mol. The fraction of sp³-hybridized carbons (Fsp3) is 0.367. The summed E-state index contributed by atoms with van der Waals surface area (Å²) >= 11 is 17.3. The van der Waals surface area contributed by atoms with Crippen LogP contribution in [0.1, 0.15) is 12.8 Å². The van der Waals surface area contributed by atoms with Crippen molar-refractivity contribution in [3.05, 3.63) is 64.6 Å². The number of allylic oxidation sites excluding steroid dienone is 2. The molecule has 13 nitrogen and oxygen atoms in total. The Balaban J connectivity index is 0.000000134. The topological polar surface area (TPSA) is 210 Å². The van der Waals surface area contributed by atoms with E-state index in [4.69, 9.17) is 46.3 Å². The fourth-order valence-electron chi connectivity index (χ4n) is 7.11. The van der Waals surface area contributed by atoms with E-state index in [1.54, 1.807) is 30.6 Å². The molecular formula is C30H28Cl3F3N10O3. The summed E-state index contributed by atoms with van der Waals surface area (Å²) in [6.07, 6.45) is 7.86. The molecule has 8 atom stereocenters. The number of nitrogens with zero attached hydrogens (tertiary/aromatic N) is 4. The van der Waals surface area contributed by atoms with Crippen molar-refractivity contribution in [3.8, 4) is 0 Å². The van der Waals surface area contributed by atoms with Gasteiger partial charge in [0.1, 0.15) is 22.3 Å². The lowest BCUT2D eigenvalue weighted by atomic mass is 9.88. The molecule has 8 unspecified atom stereocenters. The SMILES string of the molecule is Clc1nc(Cl)c2cc[nH]c2n1.NC(=O)C1C2C=CC(C2)C1NC(=O)C(F)(F)F.NC(=O)C1C2C=CC(C2)C1Nc1nc(Cl)nc2[nH]ccc12. The number of alkyl halides is 3. The van der Waals surface area contributed by atoms with Gasteiger partial charge in [-0.25, -0.2) is 9.97 Å². The Morgan fingerprint density at radius 1 is 0.735 bits per heavy atom. The Morgan fingerprint density at radius 3 is 1.80 bits per heavy atom. The number of aromatic amines is 2. The smallest absolute Gasteiger partial charge is 0.369 e. The van der Waals surface area contributed by atoms with Crippen molar-refractivity contribution >= 4 is 80.4 Å². The lowest BCUT2D eigenvalue weighted by Crippen LogP contribution is -2.51. The Morgan fingerprint density at radius 2 is 1.22 bits per heavy atom. The van der Waals surface area contributed by atoms with Gasteiger partial charge in [-0.1, -0.05) is 35.9 Å². The molecule has 4 aliphatic carbocycles. The molecule has 8 rings (SSSR count). The van der Waals surface area contributed by atoms with Crippen LogP contribution in [0.5, 0.6) is 0 Å². The van der Waals surface area contributed by atoms with Gasteiger partial charge in [-0.05, 0) is 71.8 Å². The molecule has 4 aliphatic rings. The van der Waals surface area contributed by atoms with Gasteiger partial charge >= 0.3 is 12.1 Å². The Labute approximate surface area is 290 Å². The molecule has 4 aromatic heterocycles. The number of fused-ring (bicyclic) bond motifs is 6. The van der Waals surface area contributed by atoms with Crippen molar-refractivity contribution in [2.75, 3.05) is 5.32 Å². The first kappa shape index (κ1) is 34.5. The first-order valence-electron chi connectivity index (χ1n) is 15.0. The molecule has 19 heteroatoms. The summed E-state index contributed by atoms with van der Waals surface area (Å²) in [5.74, 6) is -3.12. The minimum absolute atomic E-state index is 0.0402. The van der Waals surface area contributed by atoms with Crippen molar-refractivity contribution in [3.63, 3.8) is 0 Å². The average Bonchev–Trinajstić information content (AvgIpc) is 3.86. The third-order valence-corrected chi connectivity index (χ3v) is 9.79. The number of anilines is 1. The van der Waals surface area contributed by atoms with E-state index in [2.05, 4.69) is 47.4 Å². The number of H-pyrrole nitrogens is 2. The normalized spacial score (nSPS) is 27.5. The van der Waals surface area contributed by atoms with Crippen LogP contribution in [0, 0.1) is 35.5 Å². The van der Waals surface area contributed by atoms with Crippen LogP contribution in [-0.4, -0.2) is 65.9 Å². The van der Waals surface area contributed by atoms with Crippen LogP contribution in [0.15, 0.2) is 48.8 Å². The summed E-state index contributed by atoms with van der Waals surface area (Å²) in [7, 11) is 0. The highest BCUT2D eigenvalue weighted by molar-refractivity contribution is 6.35. The number of nitrogens with one attached hydrogen (secondary N) is 4. The predicted molar refractivity (Wildman–Crippen MR) is 175 cm³/mol. The third-order valence-electron chi connectivity index (χ3n) is 9.16. The number of rotatable bonds is 5. The molecule has 0 aliphatic heterocycles. The number of primary amides is 2. The second-order valence-electron chi connectivity index (χ2n) is 12.0. The van der Waals surface area contributed by atoms with E-state index < -0.39 is 30.0 Å². The molecule has 2 fully saturated rings. The lowest BCUT2D eigenvalue weighted by Gasteiger charge is -2.27. The van der Waals surface area contributed by atoms with Gasteiger partial charge in [-0.2, -0.15) is 23.1 Å². The highest BCUT2D eigenvalue weighted by Gasteiger charge is 2.51. The van der Waals surface area contributed by atoms with Crippen LogP contribution >= 0.6 is 34.8 Å². The molecular weight excluding hydrogens is 712 g/mol. The molecule has 8 N–H and O–H groups in total. The maximum absolute atomic E-state index is 12.1. The highest BCUT2D eigenvalue weighted by atomic mass is 35.5. The summed E-state index contributed by atoms with van der Waals surface area (Å²) in [6.45, 7) is 0. The monoisotopic (exact) mass is 738 g/mol.